The molecule has 0 unspecified atom stereocenters. The lowest BCUT2D eigenvalue weighted by Crippen LogP contribution is -2.42. The van der Waals surface area contributed by atoms with Crippen LogP contribution >= 0.6 is 0 Å². The maximum Gasteiger partial charge on any atom is 0.128 e. The van der Waals surface area contributed by atoms with Gasteiger partial charge in [-0.15, -0.1) is 6.42 Å². The summed E-state index contributed by atoms with van der Waals surface area (Å²) in [5.74, 6) is 4.05. The van der Waals surface area contributed by atoms with Gasteiger partial charge in [-0.2, -0.15) is 0 Å². The van der Waals surface area contributed by atoms with Crippen LogP contribution in [0.1, 0.15) is 40.0 Å². The van der Waals surface area contributed by atoms with Gasteiger partial charge in [0.15, 0.2) is 0 Å². The van der Waals surface area contributed by atoms with Crippen molar-refractivity contribution >= 4 is 0 Å². The predicted molar refractivity (Wildman–Crippen MR) is 55.1 cm³/mol. The second-order valence-corrected chi connectivity index (χ2v) is 4.76. The van der Waals surface area contributed by atoms with E-state index in [9.17, 15) is 5.11 Å². The van der Waals surface area contributed by atoms with Gasteiger partial charge in [-0.1, -0.05) is 26.7 Å². The molecule has 0 saturated heterocycles. The standard InChI is InChI=1S/C12H20O/c1-5-12(13)8-11(9(2)3)7-6-10(12)4/h1,9-11,13H,6-8H2,2-4H3/t10-,11-,12+/m1/s1. The molecule has 1 nitrogen and oxygen atoms in total. The molecule has 13 heavy (non-hydrogen) atoms. The molecule has 1 aliphatic carbocycles. The summed E-state index contributed by atoms with van der Waals surface area (Å²) in [5.41, 5.74) is -0.840. The Balaban J connectivity index is 2.70. The molecule has 0 aromatic heterocycles. The summed E-state index contributed by atoms with van der Waals surface area (Å²) in [6.45, 7) is 6.46. The summed E-state index contributed by atoms with van der Waals surface area (Å²) < 4.78 is 0. The predicted octanol–water partition coefficient (Wildman–Crippen LogP) is 2.44. The molecule has 0 amide bonds. The number of hydrogen-bond acceptors (Lipinski definition) is 1. The van der Waals surface area contributed by atoms with Gasteiger partial charge in [0.25, 0.3) is 0 Å². The molecule has 0 spiro atoms. The summed E-state index contributed by atoms with van der Waals surface area (Å²) in [4.78, 5) is 0. The van der Waals surface area contributed by atoms with Gasteiger partial charge < -0.3 is 5.11 Å². The lowest BCUT2D eigenvalue weighted by atomic mass is 9.69. The van der Waals surface area contributed by atoms with Crippen molar-refractivity contribution < 1.29 is 5.11 Å². The summed E-state index contributed by atoms with van der Waals surface area (Å²) in [6, 6.07) is 0. The second kappa shape index (κ2) is 3.72. The molecule has 1 N–H and O–H groups in total. The maximum absolute atomic E-state index is 10.1. The van der Waals surface area contributed by atoms with Gasteiger partial charge >= 0.3 is 0 Å². The van der Waals surface area contributed by atoms with Crippen molar-refractivity contribution in [2.75, 3.05) is 0 Å². The number of terminal acetylenes is 1. The van der Waals surface area contributed by atoms with E-state index in [1.807, 2.05) is 0 Å². The molecule has 1 rings (SSSR count). The van der Waals surface area contributed by atoms with E-state index in [1.165, 1.54) is 6.42 Å². The highest BCUT2D eigenvalue weighted by molar-refractivity contribution is 5.12. The molecule has 1 aliphatic rings. The van der Waals surface area contributed by atoms with E-state index in [1.54, 1.807) is 0 Å². The molecule has 0 aliphatic heterocycles. The zero-order valence-electron chi connectivity index (χ0n) is 8.88. The summed E-state index contributed by atoms with van der Waals surface area (Å²) >= 11 is 0. The van der Waals surface area contributed by atoms with E-state index in [2.05, 4.69) is 26.7 Å². The van der Waals surface area contributed by atoms with Crippen molar-refractivity contribution in [1.29, 1.82) is 0 Å². The van der Waals surface area contributed by atoms with E-state index in [4.69, 9.17) is 6.42 Å². The first-order chi connectivity index (χ1) is 5.99. The van der Waals surface area contributed by atoms with E-state index >= 15 is 0 Å². The van der Waals surface area contributed by atoms with Crippen molar-refractivity contribution in [3.8, 4) is 12.3 Å². The van der Waals surface area contributed by atoms with Crippen LogP contribution < -0.4 is 0 Å². The molecule has 0 aromatic carbocycles. The van der Waals surface area contributed by atoms with Gasteiger partial charge in [-0.25, -0.2) is 0 Å². The van der Waals surface area contributed by atoms with Gasteiger partial charge in [-0.05, 0) is 37.0 Å². The number of hydrogen-bond donors (Lipinski definition) is 1. The van der Waals surface area contributed by atoms with E-state index in [0.717, 1.165) is 12.8 Å². The highest BCUT2D eigenvalue weighted by Gasteiger charge is 2.39. The summed E-state index contributed by atoms with van der Waals surface area (Å²) in [5, 5.41) is 10.1. The average molecular weight is 180 g/mol. The lowest BCUT2D eigenvalue weighted by molar-refractivity contribution is -0.0180. The lowest BCUT2D eigenvalue weighted by Gasteiger charge is -2.39. The minimum atomic E-state index is -0.840. The van der Waals surface area contributed by atoms with Crippen LogP contribution in [-0.2, 0) is 0 Å². The minimum Gasteiger partial charge on any atom is -0.377 e. The zero-order chi connectivity index (χ0) is 10.1. The number of rotatable bonds is 1. The van der Waals surface area contributed by atoms with Gasteiger partial charge in [0, 0.05) is 0 Å². The van der Waals surface area contributed by atoms with Crippen LogP contribution in [0.25, 0.3) is 0 Å². The van der Waals surface area contributed by atoms with Gasteiger partial charge in [0.1, 0.15) is 5.60 Å². The highest BCUT2D eigenvalue weighted by atomic mass is 16.3. The fourth-order valence-electron chi connectivity index (χ4n) is 2.18. The Morgan fingerprint density at radius 2 is 2.08 bits per heavy atom. The quantitative estimate of drug-likeness (QED) is 0.614. The Bertz CT molecular complexity index is 214. The van der Waals surface area contributed by atoms with Crippen molar-refractivity contribution in [3.63, 3.8) is 0 Å². The van der Waals surface area contributed by atoms with Gasteiger partial charge in [-0.3, -0.25) is 0 Å². The van der Waals surface area contributed by atoms with E-state index in [-0.39, 0.29) is 5.92 Å². The molecule has 1 saturated carbocycles. The molecular formula is C12H20O. The molecule has 1 heteroatoms. The topological polar surface area (TPSA) is 20.2 Å². The molecule has 0 bridgehead atoms. The fourth-order valence-corrected chi connectivity index (χ4v) is 2.18. The second-order valence-electron chi connectivity index (χ2n) is 4.76. The third-order valence-corrected chi connectivity index (χ3v) is 3.55. The smallest absolute Gasteiger partial charge is 0.128 e. The first kappa shape index (κ1) is 10.6. The molecule has 1 fully saturated rings. The normalized spacial score (nSPS) is 40.3. The van der Waals surface area contributed by atoms with Crippen molar-refractivity contribution in [1.82, 2.24) is 0 Å². The highest BCUT2D eigenvalue weighted by Crippen LogP contribution is 2.39. The largest absolute Gasteiger partial charge is 0.377 e. The number of aliphatic hydroxyl groups is 1. The Morgan fingerprint density at radius 3 is 2.54 bits per heavy atom. The first-order valence-electron chi connectivity index (χ1n) is 5.19. The fraction of sp³-hybridized carbons (Fsp3) is 0.833. The van der Waals surface area contributed by atoms with Crippen LogP contribution in [0.2, 0.25) is 0 Å². The Morgan fingerprint density at radius 1 is 1.46 bits per heavy atom. The van der Waals surface area contributed by atoms with Crippen molar-refractivity contribution in [2.45, 2.75) is 45.6 Å². The van der Waals surface area contributed by atoms with E-state index in [0.29, 0.717) is 11.8 Å². The molecular weight excluding hydrogens is 160 g/mol. The molecule has 3 atom stereocenters. The maximum atomic E-state index is 10.1. The molecule has 0 radical (unpaired) electrons. The minimum absolute atomic E-state index is 0.257. The Hall–Kier alpha value is -0.480. The van der Waals surface area contributed by atoms with Crippen molar-refractivity contribution in [2.24, 2.45) is 17.8 Å². The third kappa shape index (κ3) is 2.06. The van der Waals surface area contributed by atoms with Crippen LogP contribution in [0.4, 0.5) is 0 Å². The van der Waals surface area contributed by atoms with Gasteiger partial charge in [0.2, 0.25) is 0 Å². The average Bonchev–Trinajstić information content (AvgIpc) is 2.09. The van der Waals surface area contributed by atoms with Crippen LogP contribution in [0.3, 0.4) is 0 Å². The molecule has 0 aromatic rings. The summed E-state index contributed by atoms with van der Waals surface area (Å²) in [7, 11) is 0. The Kier molecular flexibility index (Phi) is 3.03. The zero-order valence-corrected chi connectivity index (χ0v) is 8.88. The first-order valence-corrected chi connectivity index (χ1v) is 5.19. The molecule has 0 heterocycles. The summed E-state index contributed by atoms with van der Waals surface area (Å²) in [6.07, 6.45) is 8.44. The Labute approximate surface area is 81.5 Å². The SMILES string of the molecule is C#C[C@]1(O)C[C@H](C(C)C)CC[C@H]1C. The van der Waals surface area contributed by atoms with Crippen LogP contribution in [0.15, 0.2) is 0 Å². The monoisotopic (exact) mass is 180 g/mol. The van der Waals surface area contributed by atoms with Crippen LogP contribution in [0.5, 0.6) is 0 Å². The van der Waals surface area contributed by atoms with Crippen LogP contribution in [-0.4, -0.2) is 10.7 Å². The van der Waals surface area contributed by atoms with Gasteiger partial charge in [0.05, 0.1) is 0 Å². The molecule has 74 valence electrons. The van der Waals surface area contributed by atoms with Crippen LogP contribution in [0, 0.1) is 30.1 Å². The van der Waals surface area contributed by atoms with Crippen molar-refractivity contribution in [3.05, 3.63) is 0 Å². The third-order valence-electron chi connectivity index (χ3n) is 3.55. The van der Waals surface area contributed by atoms with E-state index < -0.39 is 5.60 Å².